The molecule has 1 fully saturated rings. The molecule has 3 rings (SSSR count). The van der Waals surface area contributed by atoms with Crippen molar-refractivity contribution in [1.82, 2.24) is 0 Å². The first-order chi connectivity index (χ1) is 13.1. The van der Waals surface area contributed by atoms with Gasteiger partial charge in [-0.2, -0.15) is 0 Å². The maximum Gasteiger partial charge on any atom is 0.233 e. The van der Waals surface area contributed by atoms with Crippen LogP contribution in [0.4, 0.5) is 10.1 Å². The molecule has 144 valence electrons. The molecule has 3 unspecified atom stereocenters. The molecule has 2 aromatic carbocycles. The number of hydrogen-bond acceptors (Lipinski definition) is 4. The highest BCUT2D eigenvalue weighted by atomic mass is 19.1. The molecular formula is C21H25FN2O3. The highest BCUT2D eigenvalue weighted by molar-refractivity contribution is 5.96. The zero-order chi connectivity index (χ0) is 19.2. The summed E-state index contributed by atoms with van der Waals surface area (Å²) < 4.78 is 18.9. The van der Waals surface area contributed by atoms with Gasteiger partial charge in [-0.1, -0.05) is 18.6 Å². The fourth-order valence-electron chi connectivity index (χ4n) is 3.33. The number of halogens is 1. The van der Waals surface area contributed by atoms with Crippen molar-refractivity contribution in [2.45, 2.75) is 43.8 Å². The smallest absolute Gasteiger partial charge is 0.233 e. The number of nitrogens with two attached hydrogens (primary N) is 1. The van der Waals surface area contributed by atoms with Gasteiger partial charge in [0.2, 0.25) is 5.91 Å². The van der Waals surface area contributed by atoms with Gasteiger partial charge in [0.1, 0.15) is 17.7 Å². The van der Waals surface area contributed by atoms with Crippen molar-refractivity contribution in [1.29, 1.82) is 0 Å². The zero-order valence-electron chi connectivity index (χ0n) is 15.1. The van der Waals surface area contributed by atoms with Crippen LogP contribution in [0.25, 0.3) is 0 Å². The van der Waals surface area contributed by atoms with E-state index in [4.69, 9.17) is 10.5 Å². The van der Waals surface area contributed by atoms with Crippen LogP contribution in [0.15, 0.2) is 48.5 Å². The summed E-state index contributed by atoms with van der Waals surface area (Å²) in [6, 6.07) is 12.8. The summed E-state index contributed by atoms with van der Waals surface area (Å²) in [6.07, 6.45) is 3.08. The van der Waals surface area contributed by atoms with E-state index in [1.54, 1.807) is 36.4 Å². The molecule has 27 heavy (non-hydrogen) atoms. The number of carbonyl (C=O) groups is 1. The summed E-state index contributed by atoms with van der Waals surface area (Å²) in [6.45, 7) is 0.123. The number of anilines is 1. The second-order valence-corrected chi connectivity index (χ2v) is 6.86. The van der Waals surface area contributed by atoms with Crippen molar-refractivity contribution in [3.63, 3.8) is 0 Å². The van der Waals surface area contributed by atoms with Gasteiger partial charge in [0.25, 0.3) is 0 Å². The summed E-state index contributed by atoms with van der Waals surface area (Å²) in [5.41, 5.74) is 7.03. The summed E-state index contributed by atoms with van der Waals surface area (Å²) in [7, 11) is 0. The normalized spacial score (nSPS) is 20.7. The quantitative estimate of drug-likeness (QED) is 0.727. The van der Waals surface area contributed by atoms with Gasteiger partial charge in [0.05, 0.1) is 12.0 Å². The Labute approximate surface area is 158 Å². The van der Waals surface area contributed by atoms with Crippen LogP contribution < -0.4 is 15.8 Å². The zero-order valence-corrected chi connectivity index (χ0v) is 15.1. The number of hydrogen-bond donors (Lipinski definition) is 3. The molecule has 0 saturated heterocycles. The SMILES string of the molecule is NCC(C(=O)Nc1ccc(OC2CCCCC2O)cc1)c1ccc(F)cc1. The minimum Gasteiger partial charge on any atom is -0.488 e. The standard InChI is InChI=1S/C21H25FN2O3/c22-15-7-5-14(6-8-15)18(13-23)21(26)24-16-9-11-17(12-10-16)27-20-4-2-1-3-19(20)25/h5-12,18-20,25H,1-4,13,23H2,(H,24,26). The highest BCUT2D eigenvalue weighted by Gasteiger charge is 2.24. The molecule has 1 aliphatic carbocycles. The second kappa shape index (κ2) is 8.97. The topological polar surface area (TPSA) is 84.6 Å². The van der Waals surface area contributed by atoms with E-state index in [0.717, 1.165) is 25.7 Å². The molecule has 6 heteroatoms. The van der Waals surface area contributed by atoms with Gasteiger partial charge in [0.15, 0.2) is 0 Å². The molecule has 0 bridgehead atoms. The Hall–Kier alpha value is -2.44. The van der Waals surface area contributed by atoms with Gasteiger partial charge in [-0.25, -0.2) is 4.39 Å². The van der Waals surface area contributed by atoms with E-state index in [-0.39, 0.29) is 24.4 Å². The molecule has 0 spiro atoms. The predicted octanol–water partition coefficient (Wildman–Crippen LogP) is 3.19. The van der Waals surface area contributed by atoms with Gasteiger partial charge in [0, 0.05) is 12.2 Å². The Kier molecular flexibility index (Phi) is 6.42. The number of aliphatic hydroxyl groups is 1. The lowest BCUT2D eigenvalue weighted by Gasteiger charge is -2.28. The fourth-order valence-corrected chi connectivity index (χ4v) is 3.33. The Balaban J connectivity index is 1.61. The van der Waals surface area contributed by atoms with Gasteiger partial charge in [-0.15, -0.1) is 0 Å². The van der Waals surface area contributed by atoms with Crippen LogP contribution in [0, 0.1) is 5.82 Å². The Morgan fingerprint density at radius 3 is 2.44 bits per heavy atom. The molecule has 1 amide bonds. The monoisotopic (exact) mass is 372 g/mol. The lowest BCUT2D eigenvalue weighted by Crippen LogP contribution is -2.34. The van der Waals surface area contributed by atoms with Crippen LogP contribution in [0.2, 0.25) is 0 Å². The van der Waals surface area contributed by atoms with E-state index in [1.807, 2.05) is 0 Å². The average molecular weight is 372 g/mol. The summed E-state index contributed by atoms with van der Waals surface area (Å²) >= 11 is 0. The van der Waals surface area contributed by atoms with Gasteiger partial charge in [-0.3, -0.25) is 4.79 Å². The minimum absolute atomic E-state index is 0.123. The van der Waals surface area contributed by atoms with E-state index in [1.165, 1.54) is 12.1 Å². The maximum absolute atomic E-state index is 13.1. The van der Waals surface area contributed by atoms with Crippen LogP contribution >= 0.6 is 0 Å². The van der Waals surface area contributed by atoms with Gasteiger partial charge in [-0.05, 0) is 61.2 Å². The maximum atomic E-state index is 13.1. The molecule has 5 nitrogen and oxygen atoms in total. The van der Waals surface area contributed by atoms with E-state index in [2.05, 4.69) is 5.32 Å². The van der Waals surface area contributed by atoms with Crippen molar-refractivity contribution >= 4 is 11.6 Å². The summed E-state index contributed by atoms with van der Waals surface area (Å²) in [5.74, 6) is -0.499. The van der Waals surface area contributed by atoms with Crippen LogP contribution in [0.5, 0.6) is 5.75 Å². The van der Waals surface area contributed by atoms with Crippen LogP contribution in [0.1, 0.15) is 37.2 Å². The van der Waals surface area contributed by atoms with E-state index in [9.17, 15) is 14.3 Å². The van der Waals surface area contributed by atoms with Crippen molar-refractivity contribution < 1.29 is 19.0 Å². The van der Waals surface area contributed by atoms with Gasteiger partial charge < -0.3 is 20.9 Å². The molecular weight excluding hydrogens is 347 g/mol. The number of amides is 1. The molecule has 0 aliphatic heterocycles. The Bertz CT molecular complexity index is 749. The van der Waals surface area contributed by atoms with Crippen molar-refractivity contribution in [3.05, 3.63) is 59.9 Å². The second-order valence-electron chi connectivity index (χ2n) is 6.86. The number of rotatable bonds is 6. The lowest BCUT2D eigenvalue weighted by molar-refractivity contribution is -0.117. The highest BCUT2D eigenvalue weighted by Crippen LogP contribution is 2.25. The third-order valence-corrected chi connectivity index (χ3v) is 4.90. The fraction of sp³-hybridized carbons (Fsp3) is 0.381. The Morgan fingerprint density at radius 1 is 1.15 bits per heavy atom. The van der Waals surface area contributed by atoms with Crippen molar-refractivity contribution in [2.75, 3.05) is 11.9 Å². The number of ether oxygens (including phenoxy) is 1. The van der Waals surface area contributed by atoms with Crippen LogP contribution in [0.3, 0.4) is 0 Å². The largest absolute Gasteiger partial charge is 0.488 e. The van der Waals surface area contributed by atoms with Crippen LogP contribution in [-0.4, -0.2) is 29.8 Å². The van der Waals surface area contributed by atoms with Crippen molar-refractivity contribution in [2.24, 2.45) is 5.73 Å². The van der Waals surface area contributed by atoms with Gasteiger partial charge >= 0.3 is 0 Å². The molecule has 0 aromatic heterocycles. The molecule has 2 aromatic rings. The number of nitrogens with one attached hydrogen (secondary N) is 1. The summed E-state index contributed by atoms with van der Waals surface area (Å²) in [5, 5.41) is 12.8. The first-order valence-corrected chi connectivity index (χ1v) is 9.28. The predicted molar refractivity (Wildman–Crippen MR) is 102 cm³/mol. The third kappa shape index (κ3) is 5.05. The van der Waals surface area contributed by atoms with Crippen molar-refractivity contribution in [3.8, 4) is 5.75 Å². The van der Waals surface area contributed by atoms with Crippen LogP contribution in [-0.2, 0) is 4.79 Å². The molecule has 1 aliphatic rings. The number of benzene rings is 2. The first kappa shape index (κ1) is 19.3. The van der Waals surface area contributed by atoms with E-state index >= 15 is 0 Å². The minimum atomic E-state index is -0.557. The van der Waals surface area contributed by atoms with E-state index in [0.29, 0.717) is 17.0 Å². The first-order valence-electron chi connectivity index (χ1n) is 9.28. The summed E-state index contributed by atoms with van der Waals surface area (Å²) in [4.78, 5) is 12.5. The third-order valence-electron chi connectivity index (χ3n) is 4.90. The number of aliphatic hydroxyl groups excluding tert-OH is 1. The molecule has 0 radical (unpaired) electrons. The molecule has 0 heterocycles. The Morgan fingerprint density at radius 2 is 1.81 bits per heavy atom. The number of carbonyl (C=O) groups excluding carboxylic acids is 1. The lowest BCUT2D eigenvalue weighted by atomic mass is 9.95. The molecule has 4 N–H and O–H groups in total. The molecule has 1 saturated carbocycles. The van der Waals surface area contributed by atoms with E-state index < -0.39 is 12.0 Å². The molecule has 3 atom stereocenters. The average Bonchev–Trinajstić information content (AvgIpc) is 2.67.